The van der Waals surface area contributed by atoms with Crippen molar-refractivity contribution in [2.75, 3.05) is 13.1 Å². The van der Waals surface area contributed by atoms with Gasteiger partial charge in [0, 0.05) is 12.6 Å². The molecule has 0 aromatic heterocycles. The fourth-order valence-electron chi connectivity index (χ4n) is 2.41. The van der Waals surface area contributed by atoms with Gasteiger partial charge in [0.1, 0.15) is 0 Å². The van der Waals surface area contributed by atoms with E-state index in [0.29, 0.717) is 13.0 Å². The summed E-state index contributed by atoms with van der Waals surface area (Å²) in [6, 6.07) is 18.4. The number of benzene rings is 2. The molecule has 0 saturated carbocycles. The minimum absolute atomic E-state index is 0.241. The standard InChI is InChI=1S/C19H26N2O/c1-15-7-9-16(10-8-15)11-12-21-14-19(22)18(20)13-17-5-3-2-4-6-17/h2-10,18-19,21-22H,11-14,20H2,1H3/t18-,19+/m0/s1. The first-order valence-electron chi connectivity index (χ1n) is 7.89. The fraction of sp³-hybridized carbons (Fsp3) is 0.368. The summed E-state index contributed by atoms with van der Waals surface area (Å²) in [7, 11) is 0. The number of aliphatic hydroxyl groups excluding tert-OH is 1. The predicted molar refractivity (Wildman–Crippen MR) is 91.9 cm³/mol. The summed E-state index contributed by atoms with van der Waals surface area (Å²) in [4.78, 5) is 0. The smallest absolute Gasteiger partial charge is 0.0818 e. The SMILES string of the molecule is Cc1ccc(CCNC[C@@H](O)[C@@H](N)Cc2ccccc2)cc1. The number of hydrogen-bond acceptors (Lipinski definition) is 3. The van der Waals surface area contributed by atoms with Crippen molar-refractivity contribution in [2.45, 2.75) is 31.9 Å². The highest BCUT2D eigenvalue weighted by atomic mass is 16.3. The molecular formula is C19H26N2O. The van der Waals surface area contributed by atoms with E-state index in [-0.39, 0.29) is 6.04 Å². The Morgan fingerprint density at radius 3 is 2.36 bits per heavy atom. The number of hydrogen-bond donors (Lipinski definition) is 3. The van der Waals surface area contributed by atoms with E-state index < -0.39 is 6.10 Å². The minimum Gasteiger partial charge on any atom is -0.390 e. The second-order valence-corrected chi connectivity index (χ2v) is 5.86. The van der Waals surface area contributed by atoms with Gasteiger partial charge >= 0.3 is 0 Å². The van der Waals surface area contributed by atoms with Gasteiger partial charge in [0.05, 0.1) is 6.10 Å². The van der Waals surface area contributed by atoms with Gasteiger partial charge in [-0.05, 0) is 37.4 Å². The van der Waals surface area contributed by atoms with Gasteiger partial charge in [0.2, 0.25) is 0 Å². The molecule has 4 N–H and O–H groups in total. The largest absolute Gasteiger partial charge is 0.390 e. The van der Waals surface area contributed by atoms with Gasteiger partial charge in [-0.3, -0.25) is 0 Å². The molecule has 2 rings (SSSR count). The molecule has 0 unspecified atom stereocenters. The molecule has 0 aliphatic heterocycles. The molecule has 0 heterocycles. The summed E-state index contributed by atoms with van der Waals surface area (Å²) in [6.45, 7) is 3.46. The Morgan fingerprint density at radius 2 is 1.68 bits per heavy atom. The van der Waals surface area contributed by atoms with Crippen molar-refractivity contribution in [3.8, 4) is 0 Å². The van der Waals surface area contributed by atoms with E-state index in [4.69, 9.17) is 5.73 Å². The van der Waals surface area contributed by atoms with Crippen molar-refractivity contribution in [1.29, 1.82) is 0 Å². The number of nitrogens with two attached hydrogens (primary N) is 1. The first-order chi connectivity index (χ1) is 10.6. The molecule has 118 valence electrons. The summed E-state index contributed by atoms with van der Waals surface area (Å²) in [5, 5.41) is 13.4. The second-order valence-electron chi connectivity index (χ2n) is 5.86. The molecule has 3 nitrogen and oxygen atoms in total. The third kappa shape index (κ3) is 5.60. The Hall–Kier alpha value is -1.68. The van der Waals surface area contributed by atoms with Crippen LogP contribution in [0.15, 0.2) is 54.6 Å². The van der Waals surface area contributed by atoms with Gasteiger partial charge in [-0.1, -0.05) is 60.2 Å². The molecule has 0 spiro atoms. The Bertz CT molecular complexity index is 539. The van der Waals surface area contributed by atoms with Crippen molar-refractivity contribution in [1.82, 2.24) is 5.32 Å². The summed E-state index contributed by atoms with van der Waals surface area (Å²) in [5.41, 5.74) is 9.81. The first-order valence-corrected chi connectivity index (χ1v) is 7.89. The van der Waals surface area contributed by atoms with Crippen molar-refractivity contribution >= 4 is 0 Å². The van der Waals surface area contributed by atoms with Crippen LogP contribution in [0.3, 0.4) is 0 Å². The maximum absolute atomic E-state index is 10.1. The highest BCUT2D eigenvalue weighted by Crippen LogP contribution is 2.05. The van der Waals surface area contributed by atoms with Crippen LogP contribution in [0.5, 0.6) is 0 Å². The zero-order valence-electron chi connectivity index (χ0n) is 13.2. The normalized spacial score (nSPS) is 13.8. The first kappa shape index (κ1) is 16.7. The average molecular weight is 298 g/mol. The van der Waals surface area contributed by atoms with E-state index in [9.17, 15) is 5.11 Å². The quantitative estimate of drug-likeness (QED) is 0.654. The molecule has 0 aliphatic carbocycles. The Kier molecular flexibility index (Phi) is 6.59. The number of aliphatic hydroxyl groups is 1. The van der Waals surface area contributed by atoms with Crippen molar-refractivity contribution in [2.24, 2.45) is 5.73 Å². The second kappa shape index (κ2) is 8.69. The lowest BCUT2D eigenvalue weighted by atomic mass is 10.0. The summed E-state index contributed by atoms with van der Waals surface area (Å²) >= 11 is 0. The van der Waals surface area contributed by atoms with Crippen LogP contribution >= 0.6 is 0 Å². The maximum Gasteiger partial charge on any atom is 0.0818 e. The van der Waals surface area contributed by atoms with E-state index in [1.54, 1.807) is 0 Å². The van der Waals surface area contributed by atoms with Gasteiger partial charge < -0.3 is 16.2 Å². The molecule has 0 radical (unpaired) electrons. The van der Waals surface area contributed by atoms with Crippen molar-refractivity contribution in [3.63, 3.8) is 0 Å². The van der Waals surface area contributed by atoms with E-state index >= 15 is 0 Å². The van der Waals surface area contributed by atoms with E-state index in [2.05, 4.69) is 36.5 Å². The fourth-order valence-corrected chi connectivity index (χ4v) is 2.41. The lowest BCUT2D eigenvalue weighted by Gasteiger charge is -2.19. The minimum atomic E-state index is -0.529. The number of rotatable bonds is 8. The van der Waals surface area contributed by atoms with Crippen LogP contribution in [-0.4, -0.2) is 30.3 Å². The number of nitrogens with one attached hydrogen (secondary N) is 1. The van der Waals surface area contributed by atoms with Crippen molar-refractivity contribution < 1.29 is 5.11 Å². The highest BCUT2D eigenvalue weighted by molar-refractivity contribution is 5.21. The zero-order valence-corrected chi connectivity index (χ0v) is 13.2. The van der Waals surface area contributed by atoms with Crippen LogP contribution < -0.4 is 11.1 Å². The Balaban J connectivity index is 1.66. The van der Waals surface area contributed by atoms with Crippen LogP contribution in [0.2, 0.25) is 0 Å². The molecule has 2 atom stereocenters. The zero-order chi connectivity index (χ0) is 15.8. The average Bonchev–Trinajstić information content (AvgIpc) is 2.54. The molecule has 22 heavy (non-hydrogen) atoms. The van der Waals surface area contributed by atoms with E-state index in [1.807, 2.05) is 30.3 Å². The molecule has 0 amide bonds. The summed E-state index contributed by atoms with van der Waals surface area (Å²) < 4.78 is 0. The topological polar surface area (TPSA) is 58.3 Å². The highest BCUT2D eigenvalue weighted by Gasteiger charge is 2.14. The molecule has 0 fully saturated rings. The molecule has 0 bridgehead atoms. The van der Waals surface area contributed by atoms with Crippen LogP contribution in [0.4, 0.5) is 0 Å². The molecule has 3 heteroatoms. The van der Waals surface area contributed by atoms with Crippen LogP contribution in [0, 0.1) is 6.92 Å². The molecule has 0 aliphatic rings. The molecule has 2 aromatic carbocycles. The summed E-state index contributed by atoms with van der Waals surface area (Å²) in [5.74, 6) is 0. The predicted octanol–water partition coefficient (Wildman–Crippen LogP) is 2.06. The molecular weight excluding hydrogens is 272 g/mol. The lowest BCUT2D eigenvalue weighted by molar-refractivity contribution is 0.142. The van der Waals surface area contributed by atoms with E-state index in [1.165, 1.54) is 11.1 Å². The van der Waals surface area contributed by atoms with Gasteiger partial charge in [-0.2, -0.15) is 0 Å². The summed E-state index contributed by atoms with van der Waals surface area (Å²) in [6.07, 6.45) is 1.13. The monoisotopic (exact) mass is 298 g/mol. The van der Waals surface area contributed by atoms with E-state index in [0.717, 1.165) is 18.5 Å². The van der Waals surface area contributed by atoms with Crippen LogP contribution in [-0.2, 0) is 12.8 Å². The third-order valence-electron chi connectivity index (χ3n) is 3.87. The third-order valence-corrected chi connectivity index (χ3v) is 3.87. The number of aryl methyl sites for hydroxylation is 1. The molecule has 0 saturated heterocycles. The van der Waals surface area contributed by atoms with Crippen LogP contribution in [0.1, 0.15) is 16.7 Å². The lowest BCUT2D eigenvalue weighted by Crippen LogP contribution is -2.43. The van der Waals surface area contributed by atoms with Crippen LogP contribution in [0.25, 0.3) is 0 Å². The van der Waals surface area contributed by atoms with Gasteiger partial charge in [0.25, 0.3) is 0 Å². The Labute approximate surface area is 133 Å². The van der Waals surface area contributed by atoms with Gasteiger partial charge in [-0.25, -0.2) is 0 Å². The Morgan fingerprint density at radius 1 is 1.00 bits per heavy atom. The van der Waals surface area contributed by atoms with Gasteiger partial charge in [-0.15, -0.1) is 0 Å². The van der Waals surface area contributed by atoms with Crippen molar-refractivity contribution in [3.05, 3.63) is 71.3 Å². The molecule has 2 aromatic rings. The van der Waals surface area contributed by atoms with Gasteiger partial charge in [0.15, 0.2) is 0 Å². The maximum atomic E-state index is 10.1.